The minimum absolute atomic E-state index is 0.414. The van der Waals surface area contributed by atoms with E-state index >= 15 is 0 Å². The molecule has 0 aliphatic heterocycles. The quantitative estimate of drug-likeness (QED) is 0.596. The molecule has 1 aromatic rings. The summed E-state index contributed by atoms with van der Waals surface area (Å²) in [5.41, 5.74) is 10.7. The number of nitrogens with two attached hydrogens (primary N) is 2. The highest BCUT2D eigenvalue weighted by Gasteiger charge is 2.03. The van der Waals surface area contributed by atoms with Crippen molar-refractivity contribution in [2.75, 3.05) is 18.6 Å². The number of thiazole rings is 1. The van der Waals surface area contributed by atoms with Crippen LogP contribution in [0, 0.1) is 0 Å². The van der Waals surface area contributed by atoms with Gasteiger partial charge in [0.05, 0.1) is 7.11 Å². The molecule has 1 aromatic heterocycles. The molecule has 0 radical (unpaired) electrons. The van der Waals surface area contributed by atoms with Crippen molar-refractivity contribution in [3.05, 3.63) is 0 Å². The van der Waals surface area contributed by atoms with Crippen LogP contribution in [0.25, 0.3) is 0 Å². The van der Waals surface area contributed by atoms with Gasteiger partial charge in [0.1, 0.15) is 0 Å². The van der Waals surface area contributed by atoms with Crippen molar-refractivity contribution in [3.8, 4) is 5.88 Å². The molecule has 4 N–H and O–H groups in total. The topological polar surface area (TPSA) is 74.2 Å². The second-order valence-corrected chi connectivity index (χ2v) is 2.49. The van der Waals surface area contributed by atoms with E-state index in [0.29, 0.717) is 16.0 Å². The molecule has 0 bridgehead atoms. The van der Waals surface area contributed by atoms with Gasteiger partial charge in [-0.15, -0.1) is 0 Å². The summed E-state index contributed by atoms with van der Waals surface area (Å²) in [5, 5.41) is 0.958. The zero-order valence-corrected chi connectivity index (χ0v) is 5.73. The number of anilines is 2. The summed E-state index contributed by atoms with van der Waals surface area (Å²) in [5.74, 6) is 0.414. The standard InChI is InChI=1S/C4H7N3OS/c1-8-3-2(5)9-4(6)7-3/h5H2,1H3,(H2,6,7). The van der Waals surface area contributed by atoms with Crippen molar-refractivity contribution >= 4 is 21.5 Å². The zero-order chi connectivity index (χ0) is 6.85. The van der Waals surface area contributed by atoms with Crippen LogP contribution in [-0.4, -0.2) is 12.1 Å². The molecule has 9 heavy (non-hydrogen) atoms. The predicted molar refractivity (Wildman–Crippen MR) is 37.5 cm³/mol. The molecule has 0 saturated carbocycles. The molecule has 0 spiro atoms. The number of hydrogen-bond donors (Lipinski definition) is 2. The van der Waals surface area contributed by atoms with Crippen molar-refractivity contribution in [3.63, 3.8) is 0 Å². The first kappa shape index (κ1) is 6.15. The minimum atomic E-state index is 0.414. The Kier molecular flexibility index (Phi) is 1.44. The average Bonchev–Trinajstić information content (AvgIpc) is 2.10. The molecule has 0 aliphatic carbocycles. The minimum Gasteiger partial charge on any atom is -0.479 e. The van der Waals surface area contributed by atoms with E-state index in [1.165, 1.54) is 18.4 Å². The third-order valence-electron chi connectivity index (χ3n) is 0.830. The summed E-state index contributed by atoms with van der Waals surface area (Å²) in [7, 11) is 1.50. The molecule has 1 rings (SSSR count). The lowest BCUT2D eigenvalue weighted by molar-refractivity contribution is 0.403. The van der Waals surface area contributed by atoms with Crippen LogP contribution in [0.5, 0.6) is 5.88 Å². The fourth-order valence-electron chi connectivity index (χ4n) is 0.481. The molecular weight excluding hydrogens is 138 g/mol. The van der Waals surface area contributed by atoms with E-state index in [-0.39, 0.29) is 0 Å². The van der Waals surface area contributed by atoms with E-state index in [1.54, 1.807) is 0 Å². The van der Waals surface area contributed by atoms with Crippen LogP contribution in [-0.2, 0) is 0 Å². The molecule has 0 atom stereocenters. The number of nitrogen functional groups attached to an aromatic ring is 2. The van der Waals surface area contributed by atoms with Gasteiger partial charge >= 0.3 is 0 Å². The van der Waals surface area contributed by atoms with E-state index in [9.17, 15) is 0 Å². The Bertz CT molecular complexity index is 210. The Morgan fingerprint density at radius 2 is 2.22 bits per heavy atom. The van der Waals surface area contributed by atoms with Crippen LogP contribution in [0.4, 0.5) is 10.1 Å². The number of ether oxygens (including phenoxy) is 1. The lowest BCUT2D eigenvalue weighted by Gasteiger charge is -1.90. The Morgan fingerprint density at radius 3 is 2.44 bits per heavy atom. The van der Waals surface area contributed by atoms with Crippen LogP contribution >= 0.6 is 11.3 Å². The van der Waals surface area contributed by atoms with Crippen molar-refractivity contribution in [1.82, 2.24) is 4.98 Å². The maximum atomic E-state index is 5.40. The first-order chi connectivity index (χ1) is 4.24. The summed E-state index contributed by atoms with van der Waals surface area (Å²) < 4.78 is 4.76. The second kappa shape index (κ2) is 2.10. The Balaban J connectivity index is 3.01. The van der Waals surface area contributed by atoms with E-state index in [0.717, 1.165) is 0 Å². The largest absolute Gasteiger partial charge is 0.479 e. The first-order valence-corrected chi connectivity index (χ1v) is 3.11. The van der Waals surface area contributed by atoms with Gasteiger partial charge in [-0.25, -0.2) is 0 Å². The Morgan fingerprint density at radius 1 is 1.56 bits per heavy atom. The van der Waals surface area contributed by atoms with E-state index < -0.39 is 0 Å². The Hall–Kier alpha value is -0.970. The smallest absolute Gasteiger partial charge is 0.250 e. The van der Waals surface area contributed by atoms with Gasteiger partial charge < -0.3 is 16.2 Å². The van der Waals surface area contributed by atoms with Crippen molar-refractivity contribution in [2.24, 2.45) is 0 Å². The SMILES string of the molecule is COc1nc(N)sc1N. The summed E-state index contributed by atoms with van der Waals surface area (Å²) in [6.45, 7) is 0. The van der Waals surface area contributed by atoms with Gasteiger partial charge in [0.2, 0.25) is 0 Å². The van der Waals surface area contributed by atoms with Crippen LogP contribution in [0.15, 0.2) is 0 Å². The van der Waals surface area contributed by atoms with Gasteiger partial charge in [0.25, 0.3) is 5.88 Å². The van der Waals surface area contributed by atoms with Crippen molar-refractivity contribution in [1.29, 1.82) is 0 Å². The second-order valence-electron chi connectivity index (χ2n) is 1.43. The van der Waals surface area contributed by atoms with Crippen LogP contribution in [0.3, 0.4) is 0 Å². The molecule has 0 amide bonds. The van der Waals surface area contributed by atoms with E-state index in [4.69, 9.17) is 16.2 Å². The third-order valence-corrected chi connectivity index (χ3v) is 1.53. The average molecular weight is 145 g/mol. The summed E-state index contributed by atoms with van der Waals surface area (Å²) >= 11 is 1.21. The normalized spacial score (nSPS) is 9.44. The highest BCUT2D eigenvalue weighted by Crippen LogP contribution is 2.28. The van der Waals surface area contributed by atoms with E-state index in [2.05, 4.69) is 4.98 Å². The van der Waals surface area contributed by atoms with Gasteiger partial charge in [-0.3, -0.25) is 0 Å². The molecule has 0 saturated heterocycles. The summed E-state index contributed by atoms with van der Waals surface area (Å²) in [6.07, 6.45) is 0. The molecule has 50 valence electrons. The monoisotopic (exact) mass is 145 g/mol. The first-order valence-electron chi connectivity index (χ1n) is 2.30. The molecule has 0 aliphatic rings. The molecule has 1 heterocycles. The van der Waals surface area contributed by atoms with Crippen LogP contribution in [0.1, 0.15) is 0 Å². The van der Waals surface area contributed by atoms with Crippen molar-refractivity contribution in [2.45, 2.75) is 0 Å². The van der Waals surface area contributed by atoms with Gasteiger partial charge in [0.15, 0.2) is 10.1 Å². The predicted octanol–water partition coefficient (Wildman–Crippen LogP) is 0.316. The van der Waals surface area contributed by atoms with Crippen LogP contribution < -0.4 is 16.2 Å². The lowest BCUT2D eigenvalue weighted by Crippen LogP contribution is -1.88. The maximum Gasteiger partial charge on any atom is 0.250 e. The lowest BCUT2D eigenvalue weighted by atomic mass is 10.8. The maximum absolute atomic E-state index is 5.40. The summed E-state index contributed by atoms with van der Waals surface area (Å²) in [4.78, 5) is 3.78. The van der Waals surface area contributed by atoms with E-state index in [1.807, 2.05) is 0 Å². The van der Waals surface area contributed by atoms with Gasteiger partial charge in [0, 0.05) is 0 Å². The van der Waals surface area contributed by atoms with Gasteiger partial charge in [-0.2, -0.15) is 4.98 Å². The van der Waals surface area contributed by atoms with Gasteiger partial charge in [-0.05, 0) is 0 Å². The molecule has 0 fully saturated rings. The number of hydrogen-bond acceptors (Lipinski definition) is 5. The van der Waals surface area contributed by atoms with Gasteiger partial charge in [-0.1, -0.05) is 11.3 Å². The molecule has 5 heteroatoms. The molecule has 4 nitrogen and oxygen atoms in total. The number of rotatable bonds is 1. The number of methoxy groups -OCH3 is 1. The highest BCUT2D eigenvalue weighted by atomic mass is 32.1. The fourth-order valence-corrected chi connectivity index (χ4v) is 1.05. The zero-order valence-electron chi connectivity index (χ0n) is 4.92. The molecular formula is C4H7N3OS. The molecule has 0 unspecified atom stereocenters. The van der Waals surface area contributed by atoms with Crippen molar-refractivity contribution < 1.29 is 4.74 Å². The highest BCUT2D eigenvalue weighted by molar-refractivity contribution is 7.19. The fraction of sp³-hybridized carbons (Fsp3) is 0.250. The number of aromatic nitrogens is 1. The summed E-state index contributed by atoms with van der Waals surface area (Å²) in [6, 6.07) is 0. The third kappa shape index (κ3) is 1.05. The van der Waals surface area contributed by atoms with Crippen LogP contribution in [0.2, 0.25) is 0 Å². The molecule has 0 aromatic carbocycles. The Labute approximate surface area is 56.4 Å². The number of nitrogens with zero attached hydrogens (tertiary/aromatic N) is 1.